The van der Waals surface area contributed by atoms with Gasteiger partial charge in [0.05, 0.1) is 27.2 Å². The van der Waals surface area contributed by atoms with E-state index < -0.39 is 0 Å². The number of hydrogen-bond acceptors (Lipinski definition) is 7. The second-order valence-electron chi connectivity index (χ2n) is 7.96. The third-order valence-corrected chi connectivity index (χ3v) is 7.41. The van der Waals surface area contributed by atoms with Crippen LogP contribution in [0.5, 0.6) is 17.2 Å². The van der Waals surface area contributed by atoms with E-state index in [2.05, 4.69) is 5.32 Å². The number of fused-ring (bicyclic) bond motifs is 1. The third-order valence-electron chi connectivity index (χ3n) is 5.41. The Morgan fingerprint density at radius 1 is 1.08 bits per heavy atom. The van der Waals surface area contributed by atoms with E-state index in [0.717, 1.165) is 5.56 Å². The van der Waals surface area contributed by atoms with Gasteiger partial charge in [-0.15, -0.1) is 0 Å². The second-order valence-corrected chi connectivity index (χ2v) is 10.5. The summed E-state index contributed by atoms with van der Waals surface area (Å²) in [7, 11) is 0. The summed E-state index contributed by atoms with van der Waals surface area (Å²) >= 11 is 19.1. The maximum Gasteiger partial charge on any atom is 0.266 e. The highest BCUT2D eigenvalue weighted by molar-refractivity contribution is 8.26. The number of nitrogens with one attached hydrogen (secondary N) is 1. The second kappa shape index (κ2) is 11.0. The molecule has 0 aliphatic carbocycles. The van der Waals surface area contributed by atoms with Crippen LogP contribution in [-0.4, -0.2) is 34.4 Å². The SMILES string of the molecule is O=C(COc1ccc(/C=C2\SC(=S)N(Cc3ccc4c(c3)OCO4)C2=O)cc1Cl)Nc1ccccc1Cl. The fraction of sp³-hybridized carbons (Fsp3) is 0.115. The Morgan fingerprint density at radius 3 is 2.70 bits per heavy atom. The Balaban J connectivity index is 1.21. The Morgan fingerprint density at radius 2 is 1.89 bits per heavy atom. The lowest BCUT2D eigenvalue weighted by Gasteiger charge is -2.14. The molecule has 2 aliphatic heterocycles. The topological polar surface area (TPSA) is 77.1 Å². The van der Waals surface area contributed by atoms with Gasteiger partial charge in [0, 0.05) is 0 Å². The molecular weight excluding hydrogens is 555 g/mol. The van der Waals surface area contributed by atoms with Crippen LogP contribution in [0.15, 0.2) is 65.6 Å². The lowest BCUT2D eigenvalue weighted by Crippen LogP contribution is -2.27. The molecule has 0 aromatic heterocycles. The number of nitrogens with zero attached hydrogens (tertiary/aromatic N) is 1. The number of halogens is 2. The van der Waals surface area contributed by atoms with Crippen LogP contribution in [0.3, 0.4) is 0 Å². The van der Waals surface area contributed by atoms with E-state index in [-0.39, 0.29) is 25.2 Å². The lowest BCUT2D eigenvalue weighted by molar-refractivity contribution is -0.122. The molecule has 0 spiro atoms. The first kappa shape index (κ1) is 25.4. The van der Waals surface area contributed by atoms with Crippen molar-refractivity contribution in [2.45, 2.75) is 6.54 Å². The molecule has 7 nitrogen and oxygen atoms in total. The van der Waals surface area contributed by atoms with E-state index in [4.69, 9.17) is 49.6 Å². The van der Waals surface area contributed by atoms with Gasteiger partial charge >= 0.3 is 0 Å². The molecular formula is C26H18Cl2N2O5S2. The average molecular weight is 573 g/mol. The zero-order chi connectivity index (χ0) is 25.9. The van der Waals surface area contributed by atoms with Gasteiger partial charge in [-0.2, -0.15) is 0 Å². The number of ether oxygens (including phenoxy) is 3. The number of carbonyl (C=O) groups excluding carboxylic acids is 2. The van der Waals surface area contributed by atoms with Gasteiger partial charge in [0.2, 0.25) is 6.79 Å². The van der Waals surface area contributed by atoms with Crippen molar-refractivity contribution < 1.29 is 23.8 Å². The Labute approximate surface area is 232 Å². The molecule has 0 saturated carbocycles. The number of hydrogen-bond donors (Lipinski definition) is 1. The summed E-state index contributed by atoms with van der Waals surface area (Å²) in [5, 5.41) is 3.41. The van der Waals surface area contributed by atoms with Gasteiger partial charge in [-0.1, -0.05) is 71.4 Å². The summed E-state index contributed by atoms with van der Waals surface area (Å²) < 4.78 is 16.8. The van der Waals surface area contributed by atoms with Crippen molar-refractivity contribution in [2.24, 2.45) is 0 Å². The van der Waals surface area contributed by atoms with Crippen LogP contribution in [0.4, 0.5) is 5.69 Å². The summed E-state index contributed by atoms with van der Waals surface area (Å²) in [6, 6.07) is 17.5. The zero-order valence-corrected chi connectivity index (χ0v) is 22.2. The van der Waals surface area contributed by atoms with Crippen molar-refractivity contribution in [3.8, 4) is 17.2 Å². The molecule has 37 heavy (non-hydrogen) atoms. The molecule has 2 amide bonds. The average Bonchev–Trinajstić information content (AvgIpc) is 3.44. The van der Waals surface area contributed by atoms with E-state index in [1.165, 1.54) is 11.8 Å². The number of thioether (sulfide) groups is 1. The largest absolute Gasteiger partial charge is 0.482 e. The quantitative estimate of drug-likeness (QED) is 0.269. The van der Waals surface area contributed by atoms with Crippen molar-refractivity contribution >= 4 is 75.1 Å². The number of para-hydroxylation sites is 1. The normalized spacial score (nSPS) is 15.4. The van der Waals surface area contributed by atoms with E-state index in [1.807, 2.05) is 18.2 Å². The number of benzene rings is 3. The van der Waals surface area contributed by atoms with Gasteiger partial charge in [0.25, 0.3) is 11.8 Å². The molecule has 0 unspecified atom stereocenters. The van der Waals surface area contributed by atoms with Crippen LogP contribution in [-0.2, 0) is 16.1 Å². The molecule has 1 saturated heterocycles. The van der Waals surface area contributed by atoms with Crippen molar-refractivity contribution in [2.75, 3.05) is 18.7 Å². The number of anilines is 1. The smallest absolute Gasteiger partial charge is 0.266 e. The molecule has 188 valence electrons. The highest BCUT2D eigenvalue weighted by Gasteiger charge is 2.32. The van der Waals surface area contributed by atoms with E-state index in [1.54, 1.807) is 53.4 Å². The minimum Gasteiger partial charge on any atom is -0.482 e. The van der Waals surface area contributed by atoms with Crippen molar-refractivity contribution in [3.63, 3.8) is 0 Å². The molecule has 1 fully saturated rings. The number of rotatable bonds is 7. The van der Waals surface area contributed by atoms with Gasteiger partial charge in [-0.3, -0.25) is 14.5 Å². The first-order valence-electron chi connectivity index (χ1n) is 11.0. The Hall–Kier alpha value is -3.24. The molecule has 1 N–H and O–H groups in total. The Bertz CT molecular complexity index is 1450. The van der Waals surface area contributed by atoms with Crippen LogP contribution in [0.1, 0.15) is 11.1 Å². The third kappa shape index (κ3) is 5.86. The number of thiocarbonyl (C=S) groups is 1. The fourth-order valence-electron chi connectivity index (χ4n) is 3.63. The van der Waals surface area contributed by atoms with Crippen molar-refractivity contribution in [1.29, 1.82) is 0 Å². The van der Waals surface area contributed by atoms with Crippen LogP contribution in [0, 0.1) is 0 Å². The van der Waals surface area contributed by atoms with Crippen LogP contribution >= 0.6 is 47.2 Å². The molecule has 5 rings (SSSR count). The summed E-state index contributed by atoms with van der Waals surface area (Å²) in [6.45, 7) is 0.260. The van der Waals surface area contributed by atoms with Crippen LogP contribution in [0.2, 0.25) is 10.0 Å². The molecule has 2 aliphatic rings. The van der Waals surface area contributed by atoms with Gasteiger partial charge in [0.1, 0.15) is 10.1 Å². The zero-order valence-electron chi connectivity index (χ0n) is 19.0. The molecule has 0 bridgehead atoms. The standard InChI is InChI=1S/C26H18Cl2N2O5S2/c27-17-3-1-2-4-19(17)29-24(31)13-33-20-7-5-15(9-18(20)28)11-23-25(32)30(26(36)37-23)12-16-6-8-21-22(10-16)35-14-34-21/h1-11H,12-14H2,(H,29,31)/b23-11-. The summed E-state index contributed by atoms with van der Waals surface area (Å²) in [4.78, 5) is 27.3. The molecule has 11 heteroatoms. The van der Waals surface area contributed by atoms with Gasteiger partial charge < -0.3 is 19.5 Å². The monoisotopic (exact) mass is 572 g/mol. The van der Waals surface area contributed by atoms with Gasteiger partial charge in [0.15, 0.2) is 18.1 Å². The summed E-state index contributed by atoms with van der Waals surface area (Å²) in [5.74, 6) is 1.10. The van der Waals surface area contributed by atoms with E-state index in [9.17, 15) is 9.59 Å². The number of carbonyl (C=O) groups is 2. The first-order valence-corrected chi connectivity index (χ1v) is 13.0. The summed E-state index contributed by atoms with van der Waals surface area (Å²) in [6.07, 6.45) is 1.72. The van der Waals surface area contributed by atoms with E-state index in [0.29, 0.717) is 54.3 Å². The summed E-state index contributed by atoms with van der Waals surface area (Å²) in [5.41, 5.74) is 2.07. The van der Waals surface area contributed by atoms with Crippen LogP contribution < -0.4 is 19.5 Å². The maximum absolute atomic E-state index is 13.0. The molecule has 3 aromatic rings. The van der Waals surface area contributed by atoms with Crippen molar-refractivity contribution in [3.05, 3.63) is 86.7 Å². The fourth-order valence-corrected chi connectivity index (χ4v) is 5.31. The van der Waals surface area contributed by atoms with Crippen molar-refractivity contribution in [1.82, 2.24) is 4.90 Å². The molecule has 2 heterocycles. The first-order chi connectivity index (χ1) is 17.9. The lowest BCUT2D eigenvalue weighted by atomic mass is 10.1. The highest BCUT2D eigenvalue weighted by atomic mass is 35.5. The highest BCUT2D eigenvalue weighted by Crippen LogP contribution is 2.37. The van der Waals surface area contributed by atoms with Gasteiger partial charge in [-0.25, -0.2) is 0 Å². The molecule has 3 aromatic carbocycles. The van der Waals surface area contributed by atoms with Crippen LogP contribution in [0.25, 0.3) is 6.08 Å². The number of amides is 2. The molecule has 0 atom stereocenters. The molecule has 0 radical (unpaired) electrons. The minimum atomic E-state index is -0.376. The Kier molecular flexibility index (Phi) is 7.57. The van der Waals surface area contributed by atoms with E-state index >= 15 is 0 Å². The maximum atomic E-state index is 13.0. The van der Waals surface area contributed by atoms with Gasteiger partial charge in [-0.05, 0) is 53.6 Å². The predicted molar refractivity (Wildman–Crippen MR) is 148 cm³/mol. The minimum absolute atomic E-state index is 0.185. The predicted octanol–water partition coefficient (Wildman–Crippen LogP) is 6.14.